The minimum absolute atomic E-state index is 0.0993. The number of nitrogens with zero attached hydrogens (tertiary/aromatic N) is 1. The molecule has 2 N–H and O–H groups in total. The van der Waals surface area contributed by atoms with E-state index in [4.69, 9.17) is 26.5 Å². The fourth-order valence-corrected chi connectivity index (χ4v) is 14.9. The summed E-state index contributed by atoms with van der Waals surface area (Å²) in [6.07, 6.45) is 2.42. The number of hydrogen-bond acceptors (Lipinski definition) is 11. The Kier molecular flexibility index (Phi) is 18.9. The van der Waals surface area contributed by atoms with Crippen LogP contribution in [0, 0.1) is 17.8 Å². The van der Waals surface area contributed by atoms with Gasteiger partial charge in [-0.2, -0.15) is 0 Å². The number of aldehydes is 1. The molecule has 3 aromatic carbocycles. The van der Waals surface area contributed by atoms with Gasteiger partial charge in [-0.3, -0.25) is 4.79 Å². The van der Waals surface area contributed by atoms with E-state index >= 15 is 0 Å². The van der Waals surface area contributed by atoms with Gasteiger partial charge in [-0.05, 0) is 19.1 Å². The van der Waals surface area contributed by atoms with E-state index in [1.54, 1.807) is 35.7 Å². The zero-order valence-electron chi connectivity index (χ0n) is 35.3. The molecule has 1 amide bonds. The van der Waals surface area contributed by atoms with Crippen LogP contribution in [0.5, 0.6) is 11.5 Å². The molecule has 0 aromatic heterocycles. The van der Waals surface area contributed by atoms with Crippen LogP contribution in [0.1, 0.15) is 45.2 Å². The zero-order chi connectivity index (χ0) is 43.1. The van der Waals surface area contributed by atoms with E-state index < -0.39 is 56.1 Å². The van der Waals surface area contributed by atoms with E-state index in [1.165, 1.54) is 0 Å². The van der Waals surface area contributed by atoms with Crippen LogP contribution in [0.25, 0.3) is 0 Å². The van der Waals surface area contributed by atoms with Crippen molar-refractivity contribution in [2.45, 2.75) is 68.2 Å². The van der Waals surface area contributed by atoms with Crippen molar-refractivity contribution in [3.05, 3.63) is 90.0 Å². The maximum atomic E-state index is 14.5. The number of benzene rings is 3. The number of nitrogens with one attached hydrogen (secondary N) is 2. The second-order valence-corrected chi connectivity index (χ2v) is 24.2. The van der Waals surface area contributed by atoms with Crippen molar-refractivity contribution in [1.29, 1.82) is 0 Å². The normalized spacial score (nSPS) is 19.8. The third-order valence-corrected chi connectivity index (χ3v) is 19.3. The predicted octanol–water partition coefficient (Wildman–Crippen LogP) is 7.08. The van der Waals surface area contributed by atoms with Crippen molar-refractivity contribution in [3.63, 3.8) is 0 Å². The molecule has 0 bridgehead atoms. The van der Waals surface area contributed by atoms with E-state index in [1.807, 2.05) is 82.3 Å². The number of carbonyl (C=O) groups is 3. The molecule has 60 heavy (non-hydrogen) atoms. The van der Waals surface area contributed by atoms with Crippen LogP contribution < -0.4 is 19.9 Å². The van der Waals surface area contributed by atoms with Crippen molar-refractivity contribution < 1.29 is 45.1 Å². The number of amides is 1. The summed E-state index contributed by atoms with van der Waals surface area (Å²) < 4.78 is 51.1. The van der Waals surface area contributed by atoms with Crippen molar-refractivity contribution in [2.75, 3.05) is 56.9 Å². The fourth-order valence-electron chi connectivity index (χ4n) is 6.90. The van der Waals surface area contributed by atoms with Gasteiger partial charge in [0.15, 0.2) is 0 Å². The van der Waals surface area contributed by atoms with Gasteiger partial charge >= 0.3 is 258 Å². The van der Waals surface area contributed by atoms with Crippen LogP contribution >= 0.6 is 28.4 Å². The summed E-state index contributed by atoms with van der Waals surface area (Å²) in [5.74, 6) is 4.47. The summed E-state index contributed by atoms with van der Waals surface area (Å²) in [5, 5.41) is 6.56. The summed E-state index contributed by atoms with van der Waals surface area (Å²) in [5.41, 5.74) is 1.97. The molecule has 16 heteroatoms. The number of carbonyl (C=O) groups excluding carboxylic acids is 3. The summed E-state index contributed by atoms with van der Waals surface area (Å²) in [4.78, 5) is 39.5. The number of halogens is 1. The summed E-state index contributed by atoms with van der Waals surface area (Å²) in [7, 11) is -2.40. The monoisotopic (exact) mass is 981 g/mol. The average Bonchev–Trinajstić information content (AvgIpc) is 3.87. The molecule has 0 spiro atoms. The molecule has 2 aliphatic rings. The number of ether oxygens (including phenoxy) is 4. The number of alkyl halides is 2. The van der Waals surface area contributed by atoms with Crippen LogP contribution in [0.4, 0.5) is 4.79 Å². The molecule has 0 saturated carbocycles. The molecular formula is C44H61IN3O10PS. The molecule has 2 saturated heterocycles. The number of hydrogen-bond donors (Lipinski definition) is 2. The summed E-state index contributed by atoms with van der Waals surface area (Å²) in [6, 6.07) is 24.0. The second kappa shape index (κ2) is 23.8. The molecule has 0 aliphatic carbocycles. The zero-order valence-corrected chi connectivity index (χ0v) is 39.2. The predicted molar refractivity (Wildman–Crippen MR) is 245 cm³/mol. The Balaban J connectivity index is 1.26. The van der Waals surface area contributed by atoms with E-state index in [2.05, 4.69) is 16.5 Å². The Labute approximate surface area is 364 Å². The molecule has 2 unspecified atom stereocenters. The van der Waals surface area contributed by atoms with Crippen LogP contribution in [0.2, 0.25) is 0 Å². The maximum absolute atomic E-state index is 14.5. The van der Waals surface area contributed by atoms with Gasteiger partial charge in [-0.25, -0.2) is 0 Å². The van der Waals surface area contributed by atoms with Gasteiger partial charge in [0, 0.05) is 12.3 Å². The first-order valence-corrected chi connectivity index (χ1v) is 27.4. The van der Waals surface area contributed by atoms with Crippen LogP contribution in [0.3, 0.4) is 0 Å². The van der Waals surface area contributed by atoms with Crippen molar-refractivity contribution in [1.82, 2.24) is 14.9 Å². The summed E-state index contributed by atoms with van der Waals surface area (Å²) in [6.45, 7) is 10.5. The van der Waals surface area contributed by atoms with Crippen molar-refractivity contribution >= 4 is 62.3 Å². The first kappa shape index (κ1) is 47.7. The minimum atomic E-state index is -3.02. The molecular weight excluding hydrogens is 920 g/mol. The number of fused-ring (bicyclic) bond motifs is 1. The standard InChI is InChI=1S/C44H61IN3O10PS/c1-7-54-42(50)33(4)30-59(58-38-11-9-8-10-12-38)24-22-46-26-35-15-13-34(14-16-35)25-41(47-44(51)57-45-31-56-43-40(45)21-23-55-43)36(29-49)28-48(27-32(2)3)60(6,52)39-19-17-37(53-5)18-20-39/h8-20,29,32-33,36,40-41,43,46H,6-7,21-28,30-31H2,1-5H3,(H,47,51)/t33-,36+,40-,41+,43-,59?,60?/m1/s1. The Hall–Kier alpha value is -3.31. The number of esters is 1. The quantitative estimate of drug-likeness (QED) is 0.0180. The Bertz CT molecular complexity index is 1910. The first-order chi connectivity index (χ1) is 28.9. The van der Waals surface area contributed by atoms with Crippen LogP contribution in [-0.2, 0) is 49.5 Å². The number of para-hydroxylation sites is 1. The molecule has 13 nitrogen and oxygen atoms in total. The number of methoxy groups -OCH3 is 1. The van der Waals surface area contributed by atoms with Gasteiger partial charge in [0.1, 0.15) is 5.75 Å². The molecule has 2 aliphatic heterocycles. The number of rotatable bonds is 24. The van der Waals surface area contributed by atoms with Gasteiger partial charge in [-0.15, -0.1) is 0 Å². The van der Waals surface area contributed by atoms with E-state index in [9.17, 15) is 18.6 Å². The Morgan fingerprint density at radius 3 is 2.38 bits per heavy atom. The molecule has 3 aromatic rings. The second-order valence-electron chi connectivity index (χ2n) is 15.3. The van der Waals surface area contributed by atoms with Gasteiger partial charge in [-0.1, -0.05) is 25.1 Å². The van der Waals surface area contributed by atoms with E-state index in [0.717, 1.165) is 35.7 Å². The molecule has 2 heterocycles. The van der Waals surface area contributed by atoms with Crippen LogP contribution in [-0.4, -0.2) is 106 Å². The van der Waals surface area contributed by atoms with E-state index in [-0.39, 0.29) is 34.6 Å². The SMILES string of the molecule is C=S(=O)(c1ccc(OC)cc1)N(CC(C)C)C[C@@H](C=O)[C@H](Cc1ccc(CNCCP(C[C@@H](C)C(=O)OCC)Oc2ccccc2)cc1)NC(=O)OI1CO[C@H]2OCC[C@H]21. The molecule has 0 radical (unpaired) electrons. The molecule has 7 atom stereocenters. The topological polar surface area (TPSA) is 151 Å². The van der Waals surface area contributed by atoms with Gasteiger partial charge in [0.25, 0.3) is 0 Å². The van der Waals surface area contributed by atoms with Gasteiger partial charge in [0.2, 0.25) is 0 Å². The summed E-state index contributed by atoms with van der Waals surface area (Å²) >= 11 is -2.28. The Morgan fingerprint density at radius 1 is 1.00 bits per heavy atom. The van der Waals surface area contributed by atoms with Crippen molar-refractivity contribution in [2.24, 2.45) is 17.8 Å². The average molecular weight is 982 g/mol. The molecule has 330 valence electrons. The van der Waals surface area contributed by atoms with E-state index in [0.29, 0.717) is 60.7 Å². The van der Waals surface area contributed by atoms with Gasteiger partial charge < -0.3 is 14.0 Å². The van der Waals surface area contributed by atoms with Crippen LogP contribution in [0.15, 0.2) is 83.8 Å². The first-order valence-electron chi connectivity index (χ1n) is 20.4. The van der Waals surface area contributed by atoms with Gasteiger partial charge in [0.05, 0.1) is 27.8 Å². The molecule has 2 fully saturated rings. The van der Waals surface area contributed by atoms with Crippen molar-refractivity contribution in [3.8, 4) is 11.5 Å². The molecule has 5 rings (SSSR count). The third-order valence-electron chi connectivity index (χ3n) is 10.1. The Morgan fingerprint density at radius 2 is 1.72 bits per heavy atom. The third kappa shape index (κ3) is 14.1. The fraction of sp³-hybridized carbons (Fsp3) is 0.500.